The minimum absolute atomic E-state index is 0.0106. The zero-order valence-corrected chi connectivity index (χ0v) is 31.0. The fourth-order valence-electron chi connectivity index (χ4n) is 4.50. The van der Waals surface area contributed by atoms with Crippen molar-refractivity contribution in [3.05, 3.63) is 63.6 Å². The zero-order chi connectivity index (χ0) is 36.8. The van der Waals surface area contributed by atoms with Gasteiger partial charge in [-0.2, -0.15) is 0 Å². The van der Waals surface area contributed by atoms with Gasteiger partial charge in [0.15, 0.2) is 0 Å². The Balaban J connectivity index is 0.000000203. The molecular formula is C32H44B3BrF6O6. The molecule has 0 spiro atoms. The summed E-state index contributed by atoms with van der Waals surface area (Å²) in [6, 6.07) is 6.31. The van der Waals surface area contributed by atoms with Gasteiger partial charge < -0.3 is 27.9 Å². The lowest BCUT2D eigenvalue weighted by Crippen LogP contribution is -2.41. The summed E-state index contributed by atoms with van der Waals surface area (Å²) in [7, 11) is -1.92. The molecule has 0 atom stereocenters. The second-order valence-corrected chi connectivity index (χ2v) is 15.7. The maximum Gasteiger partial charge on any atom is 0.497 e. The number of hydrogen-bond acceptors (Lipinski definition) is 6. The standard InChI is InChI=1S/C13H16BF3O2.C12H24B2O4.C7H4BrF3/c1-12(2)13(3,4)19-14(18-12)9-7-8(11(16)17)5-6-10(9)15;1-9(2)10(3,4)16-13(15-9)14-17-11(5,6)12(7,8)18-14;8-5-3-4(7(10)11)1-2-6(5)9/h5-7,11H,1-4H3;1-8H3;1-3,7H. The quantitative estimate of drug-likeness (QED) is 0.230. The molecular weight excluding hydrogens is 707 g/mol. The first-order chi connectivity index (χ1) is 21.6. The molecule has 2 aromatic carbocycles. The lowest BCUT2D eigenvalue weighted by Gasteiger charge is -2.32. The van der Waals surface area contributed by atoms with Crippen LogP contribution in [0.25, 0.3) is 0 Å². The number of hydrogen-bond donors (Lipinski definition) is 0. The molecule has 3 fully saturated rings. The van der Waals surface area contributed by atoms with Crippen LogP contribution in [0.15, 0.2) is 40.9 Å². The molecule has 3 heterocycles. The van der Waals surface area contributed by atoms with E-state index in [4.69, 9.17) is 27.9 Å². The Hall–Kier alpha value is -1.55. The highest BCUT2D eigenvalue weighted by atomic mass is 79.9. The Morgan fingerprint density at radius 2 is 0.812 bits per heavy atom. The van der Waals surface area contributed by atoms with Gasteiger partial charge in [0.05, 0.1) is 38.1 Å². The number of rotatable bonds is 4. The Labute approximate surface area is 289 Å². The van der Waals surface area contributed by atoms with Gasteiger partial charge in [-0.15, -0.1) is 0 Å². The van der Waals surface area contributed by atoms with Gasteiger partial charge in [0, 0.05) is 16.6 Å². The molecule has 0 N–H and O–H groups in total. The molecule has 0 aromatic heterocycles. The summed E-state index contributed by atoms with van der Waals surface area (Å²) in [5.41, 5.74) is -3.12. The van der Waals surface area contributed by atoms with Crippen molar-refractivity contribution in [1.29, 1.82) is 0 Å². The van der Waals surface area contributed by atoms with Crippen LogP contribution in [0.3, 0.4) is 0 Å². The maximum absolute atomic E-state index is 13.8. The van der Waals surface area contributed by atoms with Gasteiger partial charge in [-0.25, -0.2) is 26.3 Å². The monoisotopic (exact) mass is 750 g/mol. The van der Waals surface area contributed by atoms with E-state index in [1.54, 1.807) is 0 Å². The first kappa shape index (κ1) is 40.9. The van der Waals surface area contributed by atoms with Gasteiger partial charge in [0.25, 0.3) is 12.9 Å². The molecule has 0 radical (unpaired) electrons. The van der Waals surface area contributed by atoms with Crippen LogP contribution >= 0.6 is 15.9 Å². The lowest BCUT2D eigenvalue weighted by molar-refractivity contribution is 0.00578. The number of alkyl halides is 4. The van der Waals surface area contributed by atoms with Crippen LogP contribution in [0, 0.1) is 11.6 Å². The first-order valence-corrected chi connectivity index (χ1v) is 16.3. The van der Waals surface area contributed by atoms with E-state index in [-0.39, 0.29) is 43.5 Å². The minimum atomic E-state index is -2.65. The summed E-state index contributed by atoms with van der Waals surface area (Å²) >= 11 is 2.81. The lowest BCUT2D eigenvalue weighted by atomic mass is 9.49. The van der Waals surface area contributed by atoms with Gasteiger partial charge in [-0.05, 0) is 117 Å². The molecule has 266 valence electrons. The molecule has 0 aliphatic carbocycles. The van der Waals surface area contributed by atoms with Crippen molar-refractivity contribution in [3.8, 4) is 0 Å². The molecule has 0 saturated carbocycles. The van der Waals surface area contributed by atoms with Crippen molar-refractivity contribution in [3.63, 3.8) is 0 Å². The van der Waals surface area contributed by atoms with Gasteiger partial charge in [0.2, 0.25) is 0 Å². The number of halogens is 7. The van der Waals surface area contributed by atoms with Crippen LogP contribution in [-0.4, -0.2) is 54.7 Å². The van der Waals surface area contributed by atoms with Crippen molar-refractivity contribution in [1.82, 2.24) is 0 Å². The Kier molecular flexibility index (Phi) is 12.1. The predicted octanol–water partition coefficient (Wildman–Crippen LogP) is 8.84. The van der Waals surface area contributed by atoms with Crippen LogP contribution in [0.1, 0.15) is 107 Å². The van der Waals surface area contributed by atoms with Crippen LogP contribution < -0.4 is 5.46 Å². The molecule has 3 saturated heterocycles. The highest BCUT2D eigenvalue weighted by Crippen LogP contribution is 2.43. The second-order valence-electron chi connectivity index (χ2n) is 14.9. The van der Waals surface area contributed by atoms with Crippen molar-refractivity contribution >= 4 is 42.5 Å². The van der Waals surface area contributed by atoms with Crippen molar-refractivity contribution in [2.45, 2.75) is 130 Å². The van der Waals surface area contributed by atoms with E-state index in [1.165, 1.54) is 0 Å². The van der Waals surface area contributed by atoms with Crippen molar-refractivity contribution < 1.29 is 54.3 Å². The van der Waals surface area contributed by atoms with Gasteiger partial charge in [-0.1, -0.05) is 18.2 Å². The second kappa shape index (κ2) is 14.2. The number of benzene rings is 2. The molecule has 0 bridgehead atoms. The van der Waals surface area contributed by atoms with Crippen LogP contribution in [0.4, 0.5) is 26.3 Å². The fourth-order valence-corrected chi connectivity index (χ4v) is 4.89. The van der Waals surface area contributed by atoms with Gasteiger partial charge in [-0.3, -0.25) is 0 Å². The van der Waals surface area contributed by atoms with E-state index in [2.05, 4.69) is 15.9 Å². The summed E-state index contributed by atoms with van der Waals surface area (Å²) in [5.74, 6) is -1.14. The third kappa shape index (κ3) is 8.84. The summed E-state index contributed by atoms with van der Waals surface area (Å²) < 4.78 is 111. The fraction of sp³-hybridized carbons (Fsp3) is 0.625. The maximum atomic E-state index is 13.8. The van der Waals surface area contributed by atoms with Crippen LogP contribution in [0.2, 0.25) is 0 Å². The molecule has 6 nitrogen and oxygen atoms in total. The topological polar surface area (TPSA) is 55.4 Å². The molecule has 16 heteroatoms. The minimum Gasteiger partial charge on any atom is -0.405 e. The average molecular weight is 751 g/mol. The molecule has 2 aromatic rings. The molecule has 48 heavy (non-hydrogen) atoms. The van der Waals surface area contributed by atoms with E-state index >= 15 is 0 Å². The molecule has 3 aliphatic heterocycles. The molecule has 5 rings (SSSR count). The average Bonchev–Trinajstić information content (AvgIpc) is 3.39. The predicted molar refractivity (Wildman–Crippen MR) is 178 cm³/mol. The van der Waals surface area contributed by atoms with E-state index in [0.29, 0.717) is 0 Å². The van der Waals surface area contributed by atoms with Gasteiger partial charge in [0.1, 0.15) is 11.6 Å². The summed E-state index contributed by atoms with van der Waals surface area (Å²) in [6.45, 7) is 23.5. The van der Waals surface area contributed by atoms with E-state index in [0.717, 1.165) is 36.4 Å². The highest BCUT2D eigenvalue weighted by molar-refractivity contribution is 9.10. The third-order valence-electron chi connectivity index (χ3n) is 9.74. The largest absolute Gasteiger partial charge is 0.497 e. The zero-order valence-electron chi connectivity index (χ0n) is 29.4. The van der Waals surface area contributed by atoms with Crippen LogP contribution in [-0.2, 0) is 27.9 Å². The van der Waals surface area contributed by atoms with Gasteiger partial charge >= 0.3 is 21.1 Å². The molecule has 3 aliphatic rings. The SMILES string of the molecule is CC1(C)OB(B2OC(C)(C)C(C)(C)O2)OC1(C)C.CC1(C)OB(c2cc(C(F)F)ccc2F)OC1(C)C.Fc1ccc(C(F)F)cc1Br. The first-order valence-electron chi connectivity index (χ1n) is 15.5. The highest BCUT2D eigenvalue weighted by Gasteiger charge is 2.63. The molecule has 0 unspecified atom stereocenters. The van der Waals surface area contributed by atoms with E-state index in [1.807, 2.05) is 83.1 Å². The third-order valence-corrected chi connectivity index (χ3v) is 10.3. The Bertz CT molecular complexity index is 1360. The smallest absolute Gasteiger partial charge is 0.405 e. The van der Waals surface area contributed by atoms with Crippen LogP contribution in [0.5, 0.6) is 0 Å². The summed E-state index contributed by atoms with van der Waals surface area (Å²) in [4.78, 5) is 0. The normalized spacial score (nSPS) is 22.8. The molecule has 0 amide bonds. The van der Waals surface area contributed by atoms with Crippen molar-refractivity contribution in [2.75, 3.05) is 0 Å². The van der Waals surface area contributed by atoms with Crippen molar-refractivity contribution in [2.24, 2.45) is 0 Å². The Morgan fingerprint density at radius 3 is 1.15 bits per heavy atom. The van der Waals surface area contributed by atoms with E-state index in [9.17, 15) is 26.3 Å². The summed E-state index contributed by atoms with van der Waals surface area (Å²) in [6.07, 6.45) is -5.20. The Morgan fingerprint density at radius 1 is 0.500 bits per heavy atom. The summed E-state index contributed by atoms with van der Waals surface area (Å²) in [5, 5.41) is 0. The van der Waals surface area contributed by atoms with E-state index < -0.39 is 56.8 Å².